The van der Waals surface area contributed by atoms with Crippen LogP contribution in [0, 0.1) is 11.3 Å². The first-order chi connectivity index (χ1) is 6.41. The van der Waals surface area contributed by atoms with Gasteiger partial charge in [0.25, 0.3) is 0 Å². The number of nitriles is 1. The first kappa shape index (κ1) is 14.5. The lowest BCUT2D eigenvalue weighted by Crippen LogP contribution is -2.05. The second-order valence-electron chi connectivity index (χ2n) is 2.16. The van der Waals surface area contributed by atoms with E-state index in [4.69, 9.17) is 15.2 Å². The number of carboxylic acid groups (broad SMARTS) is 1. The summed E-state index contributed by atoms with van der Waals surface area (Å²) in [7, 11) is 0. The fourth-order valence-electron chi connectivity index (χ4n) is 0.313. The van der Waals surface area contributed by atoms with Crippen LogP contribution in [-0.4, -0.2) is 23.8 Å². The van der Waals surface area contributed by atoms with E-state index in [0.29, 0.717) is 5.57 Å². The monoisotopic (exact) mass is 200 g/mol. The number of hydrogen-bond donors (Lipinski definition) is 2. The zero-order valence-electron chi connectivity index (χ0n) is 7.82. The molecule has 0 fully saturated rings. The molecule has 0 aromatic carbocycles. The van der Waals surface area contributed by atoms with Gasteiger partial charge < -0.3 is 15.6 Å². The molecule has 6 heteroatoms. The molecule has 0 radical (unpaired) electrons. The Balaban J connectivity index is 0. The van der Waals surface area contributed by atoms with Crippen LogP contribution in [0.1, 0.15) is 13.3 Å². The van der Waals surface area contributed by atoms with E-state index in [2.05, 4.69) is 17.0 Å². The van der Waals surface area contributed by atoms with Crippen molar-refractivity contribution in [3.63, 3.8) is 0 Å². The third-order valence-electron chi connectivity index (χ3n) is 0.795. The minimum absolute atomic E-state index is 0.155. The molecule has 0 aliphatic heterocycles. The Labute approximate surface area is 81.6 Å². The van der Waals surface area contributed by atoms with Crippen molar-refractivity contribution in [1.82, 2.24) is 0 Å². The highest BCUT2D eigenvalue weighted by molar-refractivity contribution is 5.86. The highest BCUT2D eigenvalue weighted by Gasteiger charge is 2.00. The summed E-state index contributed by atoms with van der Waals surface area (Å²) < 4.78 is 4.58. The lowest BCUT2D eigenvalue weighted by molar-refractivity contribution is -0.138. The zero-order valence-corrected chi connectivity index (χ0v) is 7.82. The van der Waals surface area contributed by atoms with Gasteiger partial charge in [-0.15, -0.1) is 0 Å². The van der Waals surface area contributed by atoms with Crippen molar-refractivity contribution in [3.05, 3.63) is 12.2 Å². The Hall–Kier alpha value is -2.03. The molecule has 0 aliphatic rings. The highest BCUT2D eigenvalue weighted by atomic mass is 16.5. The lowest BCUT2D eigenvalue weighted by Gasteiger charge is -1.98. The Morgan fingerprint density at radius 3 is 2.36 bits per heavy atom. The molecule has 1 amide bonds. The van der Waals surface area contributed by atoms with E-state index in [1.165, 1.54) is 0 Å². The molecule has 0 spiro atoms. The first-order valence-corrected chi connectivity index (χ1v) is 3.59. The van der Waals surface area contributed by atoms with E-state index in [1.54, 1.807) is 6.92 Å². The van der Waals surface area contributed by atoms with Crippen molar-refractivity contribution in [2.24, 2.45) is 5.73 Å². The molecular weight excluding hydrogens is 188 g/mol. The van der Waals surface area contributed by atoms with E-state index in [9.17, 15) is 4.79 Å². The Bertz CT molecular complexity index is 251. The molecule has 0 aromatic rings. The van der Waals surface area contributed by atoms with Crippen molar-refractivity contribution >= 4 is 12.1 Å². The number of nitrogens with two attached hydrogens (primary N) is 1. The molecule has 78 valence electrons. The fourth-order valence-corrected chi connectivity index (χ4v) is 0.313. The van der Waals surface area contributed by atoms with Crippen LogP contribution in [-0.2, 0) is 9.53 Å². The summed E-state index contributed by atoms with van der Waals surface area (Å²) in [5, 5.41) is 15.2. The Morgan fingerprint density at radius 1 is 1.64 bits per heavy atom. The minimum atomic E-state index is -1.33. The zero-order chi connectivity index (χ0) is 11.6. The fraction of sp³-hybridized carbons (Fsp3) is 0.375. The van der Waals surface area contributed by atoms with Crippen LogP contribution in [0.2, 0.25) is 0 Å². The molecule has 0 bridgehead atoms. The molecule has 6 nitrogen and oxygen atoms in total. The van der Waals surface area contributed by atoms with Gasteiger partial charge in [0.2, 0.25) is 0 Å². The summed E-state index contributed by atoms with van der Waals surface area (Å²) >= 11 is 0. The van der Waals surface area contributed by atoms with E-state index in [-0.39, 0.29) is 13.0 Å². The van der Waals surface area contributed by atoms with Crippen LogP contribution in [0.4, 0.5) is 4.79 Å². The average Bonchev–Trinajstić information content (AvgIpc) is 2.03. The van der Waals surface area contributed by atoms with Crippen LogP contribution in [0.25, 0.3) is 0 Å². The van der Waals surface area contributed by atoms with Crippen molar-refractivity contribution in [2.45, 2.75) is 13.3 Å². The first-order valence-electron chi connectivity index (χ1n) is 3.59. The maximum atomic E-state index is 10.6. The largest absolute Gasteiger partial charge is 0.465 e. The van der Waals surface area contributed by atoms with Gasteiger partial charge in [-0.1, -0.05) is 6.58 Å². The summed E-state index contributed by atoms with van der Waals surface area (Å²) in [4.78, 5) is 19.4. The number of esters is 1. The van der Waals surface area contributed by atoms with E-state index < -0.39 is 12.1 Å². The molecule has 3 N–H and O–H groups in total. The summed E-state index contributed by atoms with van der Waals surface area (Å²) in [5.74, 6) is -0.435. The van der Waals surface area contributed by atoms with E-state index in [1.807, 2.05) is 6.07 Å². The summed E-state index contributed by atoms with van der Waals surface area (Å²) in [5.41, 5.74) is 4.39. The number of amides is 1. The molecule has 0 saturated carbocycles. The maximum absolute atomic E-state index is 10.6. The third kappa shape index (κ3) is 16.5. The van der Waals surface area contributed by atoms with Gasteiger partial charge in [-0.3, -0.25) is 0 Å². The number of ether oxygens (including phenoxy) is 1. The number of carbonyl (C=O) groups is 2. The van der Waals surface area contributed by atoms with Gasteiger partial charge in [-0.25, -0.2) is 9.59 Å². The predicted octanol–water partition coefficient (Wildman–Crippen LogP) is 0.642. The quantitative estimate of drug-likeness (QED) is 0.394. The van der Waals surface area contributed by atoms with Crippen LogP contribution in [0.5, 0.6) is 0 Å². The van der Waals surface area contributed by atoms with E-state index in [0.717, 1.165) is 0 Å². The molecule has 0 aliphatic carbocycles. The standard InChI is InChI=1S/C7H9NO2.CH3NO2/c1-6(2)7(9)10-5-3-4-8;2-1(3)4/h1,3,5H2,2H3;2H2,(H,3,4). The molecule has 0 rings (SSSR count). The average molecular weight is 200 g/mol. The Morgan fingerprint density at radius 2 is 2.07 bits per heavy atom. The van der Waals surface area contributed by atoms with Crippen LogP contribution < -0.4 is 5.73 Å². The van der Waals surface area contributed by atoms with E-state index >= 15 is 0 Å². The van der Waals surface area contributed by atoms with Gasteiger partial charge >= 0.3 is 12.1 Å². The van der Waals surface area contributed by atoms with Gasteiger partial charge in [0.05, 0.1) is 12.5 Å². The second-order valence-corrected chi connectivity index (χ2v) is 2.16. The van der Waals surface area contributed by atoms with Crippen LogP contribution in [0.15, 0.2) is 12.2 Å². The number of primary amides is 1. The number of carbonyl (C=O) groups excluding carboxylic acids is 1. The molecule has 0 aromatic heterocycles. The topological polar surface area (TPSA) is 113 Å². The number of rotatable bonds is 3. The number of hydrogen-bond acceptors (Lipinski definition) is 4. The minimum Gasteiger partial charge on any atom is -0.465 e. The van der Waals surface area contributed by atoms with Gasteiger partial charge in [0.15, 0.2) is 0 Å². The second kappa shape index (κ2) is 9.06. The van der Waals surface area contributed by atoms with Crippen molar-refractivity contribution < 1.29 is 19.4 Å². The van der Waals surface area contributed by atoms with Crippen LogP contribution in [0.3, 0.4) is 0 Å². The normalized spacial score (nSPS) is 7.43. The van der Waals surface area contributed by atoms with Crippen molar-refractivity contribution in [3.8, 4) is 6.07 Å². The molecular formula is C8H12N2O4. The van der Waals surface area contributed by atoms with Crippen molar-refractivity contribution in [1.29, 1.82) is 5.26 Å². The van der Waals surface area contributed by atoms with Gasteiger partial charge in [0.1, 0.15) is 6.61 Å². The van der Waals surface area contributed by atoms with Crippen molar-refractivity contribution in [2.75, 3.05) is 6.61 Å². The summed E-state index contributed by atoms with van der Waals surface area (Å²) in [6.45, 7) is 5.10. The molecule has 0 saturated heterocycles. The maximum Gasteiger partial charge on any atom is 0.402 e. The smallest absolute Gasteiger partial charge is 0.402 e. The summed E-state index contributed by atoms with van der Waals surface area (Å²) in [6.07, 6.45) is -1.10. The summed E-state index contributed by atoms with van der Waals surface area (Å²) in [6, 6.07) is 1.86. The van der Waals surface area contributed by atoms with Gasteiger partial charge in [-0.2, -0.15) is 5.26 Å². The Kier molecular flexibility index (Phi) is 9.38. The SMILES string of the molecule is C=C(C)C(=O)OCCC#N.NC(=O)O. The molecule has 0 unspecified atom stereocenters. The lowest BCUT2D eigenvalue weighted by atomic mass is 10.4. The number of nitrogens with zero attached hydrogens (tertiary/aromatic N) is 1. The van der Waals surface area contributed by atoms with Gasteiger partial charge in [-0.05, 0) is 6.92 Å². The van der Waals surface area contributed by atoms with Crippen LogP contribution >= 0.6 is 0 Å². The molecule has 14 heavy (non-hydrogen) atoms. The predicted molar refractivity (Wildman–Crippen MR) is 48.2 cm³/mol. The third-order valence-corrected chi connectivity index (χ3v) is 0.795. The molecule has 0 heterocycles. The molecule has 0 atom stereocenters. The highest BCUT2D eigenvalue weighted by Crippen LogP contribution is 1.91. The van der Waals surface area contributed by atoms with Gasteiger partial charge in [0, 0.05) is 5.57 Å².